The molecule has 2 aromatic heterocycles. The molecule has 1 aliphatic heterocycles. The number of carbonyl (C=O) groups is 2. The Labute approximate surface area is 136 Å². The van der Waals surface area contributed by atoms with E-state index in [0.717, 1.165) is 18.6 Å². The van der Waals surface area contributed by atoms with E-state index in [2.05, 4.69) is 20.6 Å². The standard InChI is InChI=1S/C14H15N5O5/c20-11(7-19-3-4-22-14(19)21)15-6-12-16-13(18-24-12)9-5-10(23-17-9)8-1-2-8/h5,8H,1-4,6-7H2,(H,15,20). The van der Waals surface area contributed by atoms with Crippen LogP contribution in [0.2, 0.25) is 0 Å². The fourth-order valence-corrected chi connectivity index (χ4v) is 2.36. The summed E-state index contributed by atoms with van der Waals surface area (Å²) in [7, 11) is 0. The van der Waals surface area contributed by atoms with Crippen molar-refractivity contribution in [1.82, 2.24) is 25.5 Å². The van der Waals surface area contributed by atoms with Crippen LogP contribution in [0.1, 0.15) is 30.4 Å². The molecule has 2 aliphatic rings. The second kappa shape index (κ2) is 5.95. The molecule has 126 valence electrons. The van der Waals surface area contributed by atoms with E-state index in [4.69, 9.17) is 13.8 Å². The molecule has 2 fully saturated rings. The van der Waals surface area contributed by atoms with Gasteiger partial charge < -0.3 is 19.1 Å². The minimum absolute atomic E-state index is 0.0616. The lowest BCUT2D eigenvalue weighted by Gasteiger charge is -2.11. The van der Waals surface area contributed by atoms with Gasteiger partial charge in [-0.3, -0.25) is 9.69 Å². The van der Waals surface area contributed by atoms with Gasteiger partial charge in [0.1, 0.15) is 18.9 Å². The predicted molar refractivity (Wildman–Crippen MR) is 76.5 cm³/mol. The maximum Gasteiger partial charge on any atom is 0.410 e. The average molecular weight is 333 g/mol. The highest BCUT2D eigenvalue weighted by Gasteiger charge is 2.29. The van der Waals surface area contributed by atoms with Crippen molar-refractivity contribution in [1.29, 1.82) is 0 Å². The molecule has 24 heavy (non-hydrogen) atoms. The van der Waals surface area contributed by atoms with E-state index in [1.165, 1.54) is 4.90 Å². The SMILES string of the molecule is O=C(CN1CCOC1=O)NCc1nc(-c2cc(C3CC3)on2)no1. The summed E-state index contributed by atoms with van der Waals surface area (Å²) in [6, 6.07) is 1.81. The molecule has 0 bridgehead atoms. The maximum atomic E-state index is 11.8. The molecule has 1 saturated carbocycles. The summed E-state index contributed by atoms with van der Waals surface area (Å²) in [5.41, 5.74) is 0.512. The molecule has 4 rings (SSSR count). The third kappa shape index (κ3) is 3.07. The van der Waals surface area contributed by atoms with Gasteiger partial charge in [0.2, 0.25) is 17.6 Å². The van der Waals surface area contributed by atoms with Crippen molar-refractivity contribution in [2.45, 2.75) is 25.3 Å². The Morgan fingerprint density at radius 3 is 2.96 bits per heavy atom. The van der Waals surface area contributed by atoms with Crippen molar-refractivity contribution in [3.8, 4) is 11.5 Å². The van der Waals surface area contributed by atoms with Crippen LogP contribution in [0.25, 0.3) is 11.5 Å². The Hall–Kier alpha value is -2.91. The summed E-state index contributed by atoms with van der Waals surface area (Å²) in [6.07, 6.45) is 1.74. The number of cyclic esters (lactones) is 1. The van der Waals surface area contributed by atoms with E-state index in [1.54, 1.807) is 0 Å². The monoisotopic (exact) mass is 333 g/mol. The molecule has 0 aromatic carbocycles. The van der Waals surface area contributed by atoms with Gasteiger partial charge in [-0.1, -0.05) is 10.3 Å². The van der Waals surface area contributed by atoms with E-state index in [-0.39, 0.29) is 24.9 Å². The molecule has 1 aliphatic carbocycles. The Bertz CT molecular complexity index is 765. The fourth-order valence-electron chi connectivity index (χ4n) is 2.36. The number of aromatic nitrogens is 3. The summed E-state index contributed by atoms with van der Waals surface area (Å²) in [5.74, 6) is 1.53. The Morgan fingerprint density at radius 1 is 1.33 bits per heavy atom. The minimum Gasteiger partial charge on any atom is -0.448 e. The average Bonchev–Trinajstić information content (AvgIpc) is 2.98. The lowest BCUT2D eigenvalue weighted by Crippen LogP contribution is -2.37. The first-order chi connectivity index (χ1) is 11.7. The van der Waals surface area contributed by atoms with Crippen LogP contribution in [0.3, 0.4) is 0 Å². The van der Waals surface area contributed by atoms with E-state index in [9.17, 15) is 9.59 Å². The predicted octanol–water partition coefficient (Wildman–Crippen LogP) is 0.670. The summed E-state index contributed by atoms with van der Waals surface area (Å²) < 4.78 is 15.1. The van der Waals surface area contributed by atoms with Crippen molar-refractivity contribution >= 4 is 12.0 Å². The summed E-state index contributed by atoms with van der Waals surface area (Å²) in [6.45, 7) is 0.724. The molecule has 0 unspecified atom stereocenters. The fraction of sp³-hybridized carbons (Fsp3) is 0.500. The van der Waals surface area contributed by atoms with Gasteiger partial charge in [0.15, 0.2) is 5.69 Å². The van der Waals surface area contributed by atoms with Crippen molar-refractivity contribution < 1.29 is 23.4 Å². The van der Waals surface area contributed by atoms with Gasteiger partial charge in [0, 0.05) is 12.0 Å². The number of nitrogens with zero attached hydrogens (tertiary/aromatic N) is 4. The van der Waals surface area contributed by atoms with Crippen molar-refractivity contribution in [2.75, 3.05) is 19.7 Å². The number of hydrogen-bond donors (Lipinski definition) is 1. The molecule has 0 atom stereocenters. The highest BCUT2D eigenvalue weighted by molar-refractivity contribution is 5.82. The first-order valence-corrected chi connectivity index (χ1v) is 7.67. The Morgan fingerprint density at radius 2 is 2.21 bits per heavy atom. The molecule has 0 spiro atoms. The number of ether oxygens (including phenoxy) is 1. The highest BCUT2D eigenvalue weighted by atomic mass is 16.6. The first-order valence-electron chi connectivity index (χ1n) is 7.67. The highest BCUT2D eigenvalue weighted by Crippen LogP contribution is 2.40. The van der Waals surface area contributed by atoms with E-state index in [0.29, 0.717) is 30.6 Å². The van der Waals surface area contributed by atoms with Crippen LogP contribution in [0, 0.1) is 0 Å². The topological polar surface area (TPSA) is 124 Å². The molecule has 10 nitrogen and oxygen atoms in total. The largest absolute Gasteiger partial charge is 0.448 e. The van der Waals surface area contributed by atoms with Crippen LogP contribution in [0.15, 0.2) is 15.1 Å². The van der Waals surface area contributed by atoms with E-state index >= 15 is 0 Å². The first kappa shape index (κ1) is 14.7. The molecule has 10 heteroatoms. The molecule has 2 amide bonds. The normalized spacial score (nSPS) is 17.2. The second-order valence-electron chi connectivity index (χ2n) is 5.71. The van der Waals surface area contributed by atoms with Gasteiger partial charge in [-0.05, 0) is 12.8 Å². The summed E-state index contributed by atoms with van der Waals surface area (Å²) >= 11 is 0. The Balaban J connectivity index is 1.31. The molecule has 1 saturated heterocycles. The van der Waals surface area contributed by atoms with Gasteiger partial charge in [-0.25, -0.2) is 4.79 Å². The van der Waals surface area contributed by atoms with Crippen molar-refractivity contribution in [3.63, 3.8) is 0 Å². The number of amides is 2. The molecular formula is C14H15N5O5. The number of nitrogens with one attached hydrogen (secondary N) is 1. The smallest absolute Gasteiger partial charge is 0.410 e. The summed E-state index contributed by atoms with van der Waals surface area (Å²) in [4.78, 5) is 28.6. The third-order valence-electron chi connectivity index (χ3n) is 3.82. The van der Waals surface area contributed by atoms with Gasteiger partial charge in [0.25, 0.3) is 0 Å². The molecule has 3 heterocycles. The zero-order chi connectivity index (χ0) is 16.5. The van der Waals surface area contributed by atoms with E-state index in [1.807, 2.05) is 6.07 Å². The van der Waals surface area contributed by atoms with Crippen LogP contribution < -0.4 is 5.32 Å². The van der Waals surface area contributed by atoms with Gasteiger partial charge in [-0.2, -0.15) is 4.98 Å². The van der Waals surface area contributed by atoms with Crippen LogP contribution in [-0.2, 0) is 16.1 Å². The molecular weight excluding hydrogens is 318 g/mol. The number of hydrogen-bond acceptors (Lipinski definition) is 8. The third-order valence-corrected chi connectivity index (χ3v) is 3.82. The second-order valence-corrected chi connectivity index (χ2v) is 5.71. The number of rotatable bonds is 6. The van der Waals surface area contributed by atoms with Gasteiger partial charge >= 0.3 is 6.09 Å². The lowest BCUT2D eigenvalue weighted by atomic mass is 10.3. The Kier molecular flexibility index (Phi) is 3.63. The summed E-state index contributed by atoms with van der Waals surface area (Å²) in [5, 5.41) is 10.4. The van der Waals surface area contributed by atoms with Crippen LogP contribution in [-0.4, -0.2) is 51.9 Å². The molecule has 0 radical (unpaired) electrons. The lowest BCUT2D eigenvalue weighted by molar-refractivity contribution is -0.121. The maximum absolute atomic E-state index is 11.8. The van der Waals surface area contributed by atoms with Crippen LogP contribution in [0.5, 0.6) is 0 Å². The van der Waals surface area contributed by atoms with E-state index < -0.39 is 6.09 Å². The van der Waals surface area contributed by atoms with Crippen molar-refractivity contribution in [2.24, 2.45) is 0 Å². The quantitative estimate of drug-likeness (QED) is 0.818. The zero-order valence-electron chi connectivity index (χ0n) is 12.7. The minimum atomic E-state index is -0.484. The zero-order valence-corrected chi connectivity index (χ0v) is 12.7. The molecule has 1 N–H and O–H groups in total. The van der Waals surface area contributed by atoms with Crippen molar-refractivity contribution in [3.05, 3.63) is 17.7 Å². The van der Waals surface area contributed by atoms with Crippen LogP contribution >= 0.6 is 0 Å². The van der Waals surface area contributed by atoms with Gasteiger partial charge in [0.05, 0.1) is 13.1 Å². The molecule has 2 aromatic rings. The van der Waals surface area contributed by atoms with Gasteiger partial charge in [-0.15, -0.1) is 0 Å². The number of carbonyl (C=O) groups excluding carboxylic acids is 2. The van der Waals surface area contributed by atoms with Crippen LogP contribution in [0.4, 0.5) is 4.79 Å².